The van der Waals surface area contributed by atoms with Gasteiger partial charge in [0.2, 0.25) is 0 Å². The normalized spacial score (nSPS) is 15.6. The highest BCUT2D eigenvalue weighted by Crippen LogP contribution is 1.94. The zero-order chi connectivity index (χ0) is 8.85. The van der Waals surface area contributed by atoms with Gasteiger partial charge in [-0.15, -0.1) is 0 Å². The molecule has 11 heavy (non-hydrogen) atoms. The molecule has 0 saturated heterocycles. The van der Waals surface area contributed by atoms with E-state index in [0.717, 1.165) is 0 Å². The largest absolute Gasteiger partial charge is 0.392 e. The molecule has 66 valence electrons. The van der Waals surface area contributed by atoms with Crippen LogP contribution < -0.4 is 0 Å². The van der Waals surface area contributed by atoms with Gasteiger partial charge in [-0.05, 0) is 20.0 Å². The van der Waals surface area contributed by atoms with Gasteiger partial charge < -0.3 is 15.1 Å². The summed E-state index contributed by atoms with van der Waals surface area (Å²) in [5.74, 6) is 0. The SMILES string of the molecule is C=CN(CC(C)O)CC(C)O. The van der Waals surface area contributed by atoms with Crippen molar-refractivity contribution in [2.24, 2.45) is 0 Å². The summed E-state index contributed by atoms with van der Waals surface area (Å²) in [4.78, 5) is 1.79. The first-order valence-corrected chi connectivity index (χ1v) is 3.79. The van der Waals surface area contributed by atoms with E-state index in [1.54, 1.807) is 24.9 Å². The average molecular weight is 159 g/mol. The van der Waals surface area contributed by atoms with E-state index >= 15 is 0 Å². The van der Waals surface area contributed by atoms with Crippen molar-refractivity contribution in [3.63, 3.8) is 0 Å². The van der Waals surface area contributed by atoms with Crippen molar-refractivity contribution >= 4 is 0 Å². The van der Waals surface area contributed by atoms with Gasteiger partial charge in [0.15, 0.2) is 0 Å². The minimum atomic E-state index is -0.383. The van der Waals surface area contributed by atoms with Crippen molar-refractivity contribution in [2.75, 3.05) is 13.1 Å². The summed E-state index contributed by atoms with van der Waals surface area (Å²) in [6.07, 6.45) is 0.859. The molecule has 3 heteroatoms. The molecule has 0 spiro atoms. The van der Waals surface area contributed by atoms with Gasteiger partial charge in [-0.3, -0.25) is 0 Å². The molecule has 2 N–H and O–H groups in total. The van der Waals surface area contributed by atoms with Crippen molar-refractivity contribution in [1.82, 2.24) is 4.90 Å². The first kappa shape index (κ1) is 10.5. The molecule has 0 aromatic heterocycles. The van der Waals surface area contributed by atoms with Crippen LogP contribution in [0.4, 0.5) is 0 Å². The summed E-state index contributed by atoms with van der Waals surface area (Å²) < 4.78 is 0. The molecule has 0 saturated carbocycles. The highest BCUT2D eigenvalue weighted by molar-refractivity contribution is 4.74. The fraction of sp³-hybridized carbons (Fsp3) is 0.750. The minimum absolute atomic E-state index is 0.383. The zero-order valence-electron chi connectivity index (χ0n) is 7.20. The molecule has 2 unspecified atom stereocenters. The van der Waals surface area contributed by atoms with Crippen molar-refractivity contribution < 1.29 is 10.2 Å². The molecular formula is C8H17NO2. The Balaban J connectivity index is 3.67. The number of hydrogen-bond acceptors (Lipinski definition) is 3. The van der Waals surface area contributed by atoms with Crippen LogP contribution >= 0.6 is 0 Å². The van der Waals surface area contributed by atoms with Gasteiger partial charge in [0.1, 0.15) is 0 Å². The third-order valence-corrected chi connectivity index (χ3v) is 1.26. The lowest BCUT2D eigenvalue weighted by Gasteiger charge is -2.22. The lowest BCUT2D eigenvalue weighted by molar-refractivity contribution is 0.110. The van der Waals surface area contributed by atoms with Gasteiger partial charge in [-0.25, -0.2) is 0 Å². The Hall–Kier alpha value is -0.540. The van der Waals surface area contributed by atoms with E-state index in [4.69, 9.17) is 10.2 Å². The van der Waals surface area contributed by atoms with Crippen LogP contribution in [0.2, 0.25) is 0 Å². The van der Waals surface area contributed by atoms with Crippen LogP contribution in [0.25, 0.3) is 0 Å². The Morgan fingerprint density at radius 2 is 1.64 bits per heavy atom. The van der Waals surface area contributed by atoms with E-state index < -0.39 is 0 Å². The van der Waals surface area contributed by atoms with Crippen molar-refractivity contribution in [3.05, 3.63) is 12.8 Å². The van der Waals surface area contributed by atoms with E-state index in [0.29, 0.717) is 13.1 Å². The second-order valence-corrected chi connectivity index (χ2v) is 2.83. The van der Waals surface area contributed by atoms with E-state index in [1.807, 2.05) is 0 Å². The maximum Gasteiger partial charge on any atom is 0.0686 e. The molecule has 0 amide bonds. The molecule has 0 bridgehead atoms. The number of aliphatic hydroxyl groups is 2. The van der Waals surface area contributed by atoms with Crippen LogP contribution in [-0.2, 0) is 0 Å². The first-order chi connectivity index (χ1) is 5.06. The lowest BCUT2D eigenvalue weighted by atomic mass is 10.3. The summed E-state index contributed by atoms with van der Waals surface area (Å²) in [7, 11) is 0. The summed E-state index contributed by atoms with van der Waals surface area (Å²) in [5, 5.41) is 18.0. The smallest absolute Gasteiger partial charge is 0.0686 e. The van der Waals surface area contributed by atoms with E-state index in [-0.39, 0.29) is 12.2 Å². The molecule has 0 radical (unpaired) electrons. The highest BCUT2D eigenvalue weighted by Gasteiger charge is 2.05. The lowest BCUT2D eigenvalue weighted by Crippen LogP contribution is -2.31. The molecule has 0 aromatic carbocycles. The molecule has 0 fully saturated rings. The molecule has 0 aliphatic heterocycles. The van der Waals surface area contributed by atoms with Gasteiger partial charge >= 0.3 is 0 Å². The fourth-order valence-corrected chi connectivity index (χ4v) is 0.902. The van der Waals surface area contributed by atoms with Crippen LogP contribution in [0.15, 0.2) is 12.8 Å². The topological polar surface area (TPSA) is 43.7 Å². The highest BCUT2D eigenvalue weighted by atomic mass is 16.3. The summed E-state index contributed by atoms with van der Waals surface area (Å²) in [6, 6.07) is 0. The molecule has 0 aliphatic rings. The maximum absolute atomic E-state index is 9.00. The van der Waals surface area contributed by atoms with Gasteiger partial charge in [0.25, 0.3) is 0 Å². The first-order valence-electron chi connectivity index (χ1n) is 3.79. The number of nitrogens with zero attached hydrogens (tertiary/aromatic N) is 1. The third kappa shape index (κ3) is 5.88. The predicted octanol–water partition coefficient (Wildman–Crippen LogP) is 0.193. The van der Waals surface area contributed by atoms with Crippen LogP contribution in [0.3, 0.4) is 0 Å². The third-order valence-electron chi connectivity index (χ3n) is 1.26. The molecule has 3 nitrogen and oxygen atoms in total. The standard InChI is InChI=1S/C8H17NO2/c1-4-9(5-7(2)10)6-8(3)11/h4,7-8,10-11H,1,5-6H2,2-3H3. The molecule has 0 aromatic rings. The van der Waals surface area contributed by atoms with Crippen molar-refractivity contribution in [1.29, 1.82) is 0 Å². The van der Waals surface area contributed by atoms with Gasteiger partial charge in [-0.1, -0.05) is 6.58 Å². The van der Waals surface area contributed by atoms with Gasteiger partial charge in [0, 0.05) is 13.1 Å². The number of aliphatic hydroxyl groups excluding tert-OH is 2. The molecule has 0 aliphatic carbocycles. The van der Waals surface area contributed by atoms with E-state index in [9.17, 15) is 0 Å². The molecule has 2 atom stereocenters. The second kappa shape index (κ2) is 5.16. The Labute approximate surface area is 68.0 Å². The molecule has 0 rings (SSSR count). The predicted molar refractivity (Wildman–Crippen MR) is 45.1 cm³/mol. The van der Waals surface area contributed by atoms with Crippen LogP contribution in [0.5, 0.6) is 0 Å². The Morgan fingerprint density at radius 3 is 1.82 bits per heavy atom. The van der Waals surface area contributed by atoms with Crippen molar-refractivity contribution in [2.45, 2.75) is 26.1 Å². The summed E-state index contributed by atoms with van der Waals surface area (Å²) in [6.45, 7) is 8.03. The van der Waals surface area contributed by atoms with Gasteiger partial charge in [-0.2, -0.15) is 0 Å². The Bertz CT molecular complexity index is 103. The van der Waals surface area contributed by atoms with Gasteiger partial charge in [0.05, 0.1) is 12.2 Å². The maximum atomic E-state index is 9.00. The monoisotopic (exact) mass is 159 g/mol. The van der Waals surface area contributed by atoms with Crippen molar-refractivity contribution in [3.8, 4) is 0 Å². The number of hydrogen-bond donors (Lipinski definition) is 2. The quantitative estimate of drug-likeness (QED) is 0.602. The fourth-order valence-electron chi connectivity index (χ4n) is 0.902. The van der Waals surface area contributed by atoms with E-state index in [1.165, 1.54) is 0 Å². The molecule has 0 heterocycles. The van der Waals surface area contributed by atoms with E-state index in [2.05, 4.69) is 6.58 Å². The van der Waals surface area contributed by atoms with Crippen LogP contribution in [-0.4, -0.2) is 40.4 Å². The van der Waals surface area contributed by atoms with Crippen LogP contribution in [0, 0.1) is 0 Å². The van der Waals surface area contributed by atoms with Crippen LogP contribution in [0.1, 0.15) is 13.8 Å². The molecular weight excluding hydrogens is 142 g/mol. The second-order valence-electron chi connectivity index (χ2n) is 2.83. The summed E-state index contributed by atoms with van der Waals surface area (Å²) >= 11 is 0. The minimum Gasteiger partial charge on any atom is -0.392 e. The summed E-state index contributed by atoms with van der Waals surface area (Å²) in [5.41, 5.74) is 0. The Morgan fingerprint density at radius 1 is 1.27 bits per heavy atom. The average Bonchev–Trinajstić information content (AvgIpc) is 1.84. The number of rotatable bonds is 5. The Kier molecular flexibility index (Phi) is 4.90. The zero-order valence-corrected chi connectivity index (χ0v) is 7.20.